The summed E-state index contributed by atoms with van der Waals surface area (Å²) in [4.78, 5) is 6.31. The lowest BCUT2D eigenvalue weighted by atomic mass is 10.1. The minimum absolute atomic E-state index is 0.506. The van der Waals surface area contributed by atoms with Crippen molar-refractivity contribution in [3.63, 3.8) is 0 Å². The Morgan fingerprint density at radius 3 is 2.54 bits per heavy atom. The molecule has 1 aliphatic rings. The van der Waals surface area contributed by atoms with E-state index in [1.165, 1.54) is 0 Å². The fraction of sp³-hybridized carbons (Fsp3) is 0.875. The van der Waals surface area contributed by atoms with E-state index in [-0.39, 0.29) is 0 Å². The lowest BCUT2D eigenvalue weighted by molar-refractivity contribution is 0.246. The smallest absolute Gasteiger partial charge is 0.205 e. The molecule has 0 aliphatic carbocycles. The molecular weight excluding hydrogens is 166 g/mol. The quantitative estimate of drug-likeness (QED) is 0.215. The van der Waals surface area contributed by atoms with Crippen LogP contribution in [-0.2, 0) is 0 Å². The summed E-state index contributed by atoms with van der Waals surface area (Å²) in [6, 6.07) is 0.506. The van der Waals surface area contributed by atoms with Crippen LogP contribution in [0.25, 0.3) is 0 Å². The van der Waals surface area contributed by atoms with Crippen molar-refractivity contribution in [3.8, 4) is 0 Å². The van der Waals surface area contributed by atoms with Crippen molar-refractivity contribution in [1.29, 1.82) is 0 Å². The van der Waals surface area contributed by atoms with E-state index >= 15 is 0 Å². The van der Waals surface area contributed by atoms with E-state index in [1.54, 1.807) is 7.05 Å². The van der Waals surface area contributed by atoms with Gasteiger partial charge in [-0.3, -0.25) is 10.4 Å². The van der Waals surface area contributed by atoms with Crippen LogP contribution >= 0.6 is 0 Å². The van der Waals surface area contributed by atoms with Gasteiger partial charge in [-0.05, 0) is 33.0 Å². The largest absolute Gasteiger partial charge is 0.353 e. The zero-order chi connectivity index (χ0) is 9.68. The van der Waals surface area contributed by atoms with Gasteiger partial charge in [-0.15, -0.1) is 0 Å². The van der Waals surface area contributed by atoms with E-state index in [1.807, 2.05) is 0 Å². The molecule has 76 valence electrons. The first-order valence-corrected chi connectivity index (χ1v) is 4.64. The highest BCUT2D eigenvalue weighted by Crippen LogP contribution is 2.07. The van der Waals surface area contributed by atoms with Crippen LogP contribution in [-0.4, -0.2) is 44.1 Å². The Balaban J connectivity index is 2.29. The minimum atomic E-state index is 0.506. The Morgan fingerprint density at radius 1 is 1.46 bits per heavy atom. The molecule has 1 saturated heterocycles. The van der Waals surface area contributed by atoms with Crippen molar-refractivity contribution in [1.82, 2.24) is 15.6 Å². The topological polar surface area (TPSA) is 65.7 Å². The molecule has 1 rings (SSSR count). The predicted molar refractivity (Wildman–Crippen MR) is 54.3 cm³/mol. The van der Waals surface area contributed by atoms with Gasteiger partial charge in [0.1, 0.15) is 0 Å². The predicted octanol–water partition coefficient (Wildman–Crippen LogP) is -0.881. The first kappa shape index (κ1) is 10.3. The maximum Gasteiger partial charge on any atom is 0.205 e. The average molecular weight is 185 g/mol. The molecule has 0 saturated carbocycles. The standard InChI is InChI=1S/C8H19N5/c1-10-8(12-9)11-7-3-5-13(2)6-4-7/h7H,3-6,9H2,1-2H3,(H2,10,11,12). The molecule has 1 aliphatic heterocycles. The number of hydrogen-bond acceptors (Lipinski definition) is 3. The van der Waals surface area contributed by atoms with Crippen LogP contribution in [0.15, 0.2) is 4.99 Å². The normalized spacial score (nSPS) is 21.6. The minimum Gasteiger partial charge on any atom is -0.353 e. The first-order valence-electron chi connectivity index (χ1n) is 4.64. The van der Waals surface area contributed by atoms with Crippen molar-refractivity contribution in [2.45, 2.75) is 18.9 Å². The summed E-state index contributed by atoms with van der Waals surface area (Å²) in [6.07, 6.45) is 2.30. The molecule has 0 aromatic carbocycles. The van der Waals surface area contributed by atoms with E-state index in [4.69, 9.17) is 5.84 Å². The van der Waals surface area contributed by atoms with Gasteiger partial charge in [0.25, 0.3) is 0 Å². The molecule has 0 unspecified atom stereocenters. The molecule has 0 radical (unpaired) electrons. The monoisotopic (exact) mass is 185 g/mol. The van der Waals surface area contributed by atoms with Crippen LogP contribution in [0.2, 0.25) is 0 Å². The van der Waals surface area contributed by atoms with E-state index in [0.717, 1.165) is 25.9 Å². The van der Waals surface area contributed by atoms with Gasteiger partial charge in [-0.25, -0.2) is 5.84 Å². The number of aliphatic imine (C=N–C) groups is 1. The third-order valence-electron chi connectivity index (χ3n) is 2.42. The molecule has 0 aromatic rings. The zero-order valence-corrected chi connectivity index (χ0v) is 8.38. The van der Waals surface area contributed by atoms with Gasteiger partial charge in [0.05, 0.1) is 0 Å². The number of likely N-dealkylation sites (tertiary alicyclic amines) is 1. The van der Waals surface area contributed by atoms with Gasteiger partial charge in [-0.2, -0.15) is 0 Å². The second kappa shape index (κ2) is 5.04. The fourth-order valence-electron chi connectivity index (χ4n) is 1.52. The molecule has 5 heteroatoms. The molecule has 5 nitrogen and oxygen atoms in total. The number of piperidine rings is 1. The van der Waals surface area contributed by atoms with Crippen molar-refractivity contribution in [2.24, 2.45) is 10.8 Å². The lowest BCUT2D eigenvalue weighted by Crippen LogP contribution is -2.49. The molecule has 0 spiro atoms. The van der Waals surface area contributed by atoms with Crippen LogP contribution < -0.4 is 16.6 Å². The van der Waals surface area contributed by atoms with Gasteiger partial charge in [-0.1, -0.05) is 0 Å². The molecule has 1 fully saturated rings. The summed E-state index contributed by atoms with van der Waals surface area (Å²) in [5.41, 5.74) is 2.54. The van der Waals surface area contributed by atoms with Gasteiger partial charge in [0.15, 0.2) is 0 Å². The second-order valence-corrected chi connectivity index (χ2v) is 3.44. The van der Waals surface area contributed by atoms with Crippen molar-refractivity contribution in [3.05, 3.63) is 0 Å². The van der Waals surface area contributed by atoms with Crippen molar-refractivity contribution >= 4 is 5.96 Å². The Morgan fingerprint density at radius 2 is 2.08 bits per heavy atom. The average Bonchev–Trinajstić information content (AvgIpc) is 2.17. The molecule has 1 heterocycles. The first-order chi connectivity index (χ1) is 6.26. The van der Waals surface area contributed by atoms with Crippen LogP contribution in [0.4, 0.5) is 0 Å². The van der Waals surface area contributed by atoms with E-state index in [2.05, 4.69) is 27.7 Å². The number of hydrogen-bond donors (Lipinski definition) is 3. The molecule has 0 bridgehead atoms. The summed E-state index contributed by atoms with van der Waals surface area (Å²) in [5.74, 6) is 5.95. The maximum atomic E-state index is 5.27. The van der Waals surface area contributed by atoms with Gasteiger partial charge < -0.3 is 10.2 Å². The van der Waals surface area contributed by atoms with E-state index in [0.29, 0.717) is 12.0 Å². The summed E-state index contributed by atoms with van der Waals surface area (Å²) in [6.45, 7) is 2.28. The van der Waals surface area contributed by atoms with Gasteiger partial charge in [0.2, 0.25) is 5.96 Å². The summed E-state index contributed by atoms with van der Waals surface area (Å²) >= 11 is 0. The number of nitrogens with two attached hydrogens (primary N) is 1. The van der Waals surface area contributed by atoms with Crippen molar-refractivity contribution < 1.29 is 0 Å². The highest BCUT2D eigenvalue weighted by Gasteiger charge is 2.16. The number of hydrazine groups is 1. The molecule has 13 heavy (non-hydrogen) atoms. The molecule has 0 aromatic heterocycles. The van der Waals surface area contributed by atoms with Gasteiger partial charge in [0, 0.05) is 13.1 Å². The third kappa shape index (κ3) is 3.20. The lowest BCUT2D eigenvalue weighted by Gasteiger charge is -2.30. The summed E-state index contributed by atoms with van der Waals surface area (Å²) in [7, 11) is 3.86. The SMILES string of the molecule is CN=C(NN)NC1CCN(C)CC1. The van der Waals surface area contributed by atoms with Crippen LogP contribution in [0.1, 0.15) is 12.8 Å². The summed E-state index contributed by atoms with van der Waals surface area (Å²) < 4.78 is 0. The third-order valence-corrected chi connectivity index (χ3v) is 2.42. The second-order valence-electron chi connectivity index (χ2n) is 3.44. The van der Waals surface area contributed by atoms with E-state index in [9.17, 15) is 0 Å². The Kier molecular flexibility index (Phi) is 3.98. The number of rotatable bonds is 1. The highest BCUT2D eigenvalue weighted by molar-refractivity contribution is 5.79. The van der Waals surface area contributed by atoms with Crippen molar-refractivity contribution in [2.75, 3.05) is 27.2 Å². The Labute approximate surface area is 79.4 Å². The number of nitrogens with zero attached hydrogens (tertiary/aromatic N) is 2. The maximum absolute atomic E-state index is 5.27. The van der Waals surface area contributed by atoms with Crippen LogP contribution in [0.5, 0.6) is 0 Å². The zero-order valence-electron chi connectivity index (χ0n) is 8.38. The Bertz CT molecular complexity index is 171. The molecule has 4 N–H and O–H groups in total. The number of guanidine groups is 1. The van der Waals surface area contributed by atoms with E-state index < -0.39 is 0 Å². The number of nitrogens with one attached hydrogen (secondary N) is 2. The Hall–Kier alpha value is -0.810. The van der Waals surface area contributed by atoms with Crippen LogP contribution in [0.3, 0.4) is 0 Å². The fourth-order valence-corrected chi connectivity index (χ4v) is 1.52. The highest BCUT2D eigenvalue weighted by atomic mass is 15.3. The summed E-state index contributed by atoms with van der Waals surface area (Å²) in [5, 5.41) is 3.26. The van der Waals surface area contributed by atoms with Crippen LogP contribution in [0, 0.1) is 0 Å². The molecule has 0 amide bonds. The molecule has 0 atom stereocenters. The van der Waals surface area contributed by atoms with Gasteiger partial charge >= 0.3 is 0 Å². The molecular formula is C8H19N5.